The quantitative estimate of drug-likeness (QED) is 0.702. The summed E-state index contributed by atoms with van der Waals surface area (Å²) in [6, 6.07) is 9.98. The molecule has 0 radical (unpaired) electrons. The van der Waals surface area contributed by atoms with E-state index < -0.39 is 6.03 Å². The van der Waals surface area contributed by atoms with Gasteiger partial charge in [-0.3, -0.25) is 0 Å². The minimum Gasteiger partial charge on any atom is -0.497 e. The predicted octanol–water partition coefficient (Wildman–Crippen LogP) is 4.29. The Morgan fingerprint density at radius 2 is 2.04 bits per heavy atom. The number of urea groups is 1. The van der Waals surface area contributed by atoms with Gasteiger partial charge in [-0.1, -0.05) is 33.6 Å². The monoisotopic (exact) mass is 398 g/mol. The minimum absolute atomic E-state index is 0.0131. The van der Waals surface area contributed by atoms with Crippen LogP contribution in [0.3, 0.4) is 0 Å². The number of aliphatic hydroxyl groups is 1. The first-order valence-corrected chi connectivity index (χ1v) is 8.01. The van der Waals surface area contributed by atoms with Crippen molar-refractivity contribution in [3.63, 3.8) is 0 Å². The van der Waals surface area contributed by atoms with Gasteiger partial charge >= 0.3 is 6.03 Å². The van der Waals surface area contributed by atoms with Gasteiger partial charge in [-0.25, -0.2) is 4.79 Å². The zero-order chi connectivity index (χ0) is 16.8. The number of anilines is 2. The maximum atomic E-state index is 12.2. The number of rotatable bonds is 5. The third-order valence-corrected chi connectivity index (χ3v) is 3.76. The fraction of sp³-hybridized carbons (Fsp3) is 0.188. The van der Waals surface area contributed by atoms with Crippen LogP contribution in [0.25, 0.3) is 0 Å². The molecule has 23 heavy (non-hydrogen) atoms. The number of aliphatic hydroxyl groups excluding tert-OH is 1. The summed E-state index contributed by atoms with van der Waals surface area (Å²) < 4.78 is 5.94. The van der Waals surface area contributed by atoms with Crippen molar-refractivity contribution in [1.29, 1.82) is 0 Å². The topological polar surface area (TPSA) is 70.6 Å². The molecular weight excluding hydrogens is 384 g/mol. The van der Waals surface area contributed by atoms with E-state index >= 15 is 0 Å². The average molecular weight is 400 g/mol. The Balaban J connectivity index is 2.13. The highest BCUT2D eigenvalue weighted by Gasteiger charge is 2.09. The highest BCUT2D eigenvalue weighted by molar-refractivity contribution is 9.10. The van der Waals surface area contributed by atoms with Crippen LogP contribution >= 0.6 is 27.5 Å². The first kappa shape index (κ1) is 17.6. The van der Waals surface area contributed by atoms with Gasteiger partial charge in [0.25, 0.3) is 0 Å². The van der Waals surface area contributed by atoms with Crippen LogP contribution < -0.4 is 15.4 Å². The average Bonchev–Trinajstić information content (AvgIpc) is 2.49. The van der Waals surface area contributed by atoms with Gasteiger partial charge in [-0.15, -0.1) is 0 Å². The molecule has 0 bridgehead atoms. The van der Waals surface area contributed by atoms with E-state index in [1.54, 1.807) is 43.5 Å². The Labute approximate surface area is 147 Å². The van der Waals surface area contributed by atoms with E-state index in [1.807, 2.05) is 0 Å². The Morgan fingerprint density at radius 3 is 2.74 bits per heavy atom. The van der Waals surface area contributed by atoms with Gasteiger partial charge < -0.3 is 20.5 Å². The van der Waals surface area contributed by atoms with Crippen molar-refractivity contribution >= 4 is 44.9 Å². The van der Waals surface area contributed by atoms with E-state index in [9.17, 15) is 4.79 Å². The lowest BCUT2D eigenvalue weighted by Gasteiger charge is -2.13. The van der Waals surface area contributed by atoms with E-state index in [2.05, 4.69) is 26.6 Å². The normalized spacial score (nSPS) is 10.3. The second kappa shape index (κ2) is 8.19. The second-order valence-electron chi connectivity index (χ2n) is 4.73. The van der Waals surface area contributed by atoms with Crippen molar-refractivity contribution in [1.82, 2.24) is 0 Å². The summed E-state index contributed by atoms with van der Waals surface area (Å²) in [4.78, 5) is 12.2. The maximum Gasteiger partial charge on any atom is 0.323 e. The molecule has 7 heteroatoms. The third kappa shape index (κ3) is 5.13. The molecular formula is C16H16BrClN2O3. The van der Waals surface area contributed by atoms with Crippen molar-refractivity contribution in [2.45, 2.75) is 6.42 Å². The van der Waals surface area contributed by atoms with Gasteiger partial charge in [0.1, 0.15) is 5.75 Å². The number of methoxy groups -OCH3 is 1. The Morgan fingerprint density at radius 1 is 1.26 bits per heavy atom. The summed E-state index contributed by atoms with van der Waals surface area (Å²) >= 11 is 9.32. The summed E-state index contributed by atoms with van der Waals surface area (Å²) in [5, 5.41) is 15.1. The van der Waals surface area contributed by atoms with Crippen LogP contribution in [0.1, 0.15) is 5.56 Å². The summed E-state index contributed by atoms with van der Waals surface area (Å²) in [6.45, 7) is -0.0131. The Kier molecular flexibility index (Phi) is 6.27. The van der Waals surface area contributed by atoms with E-state index in [1.165, 1.54) is 0 Å². The lowest BCUT2D eigenvalue weighted by molar-refractivity contribution is 0.262. The first-order valence-electron chi connectivity index (χ1n) is 6.83. The number of amides is 2. The molecule has 0 atom stereocenters. The zero-order valence-electron chi connectivity index (χ0n) is 12.4. The van der Waals surface area contributed by atoms with Crippen LogP contribution in [0.2, 0.25) is 5.02 Å². The zero-order valence-corrected chi connectivity index (χ0v) is 14.7. The van der Waals surface area contributed by atoms with Crippen LogP contribution in [-0.2, 0) is 6.42 Å². The molecule has 2 amide bonds. The molecule has 2 aromatic rings. The van der Waals surface area contributed by atoms with Crippen LogP contribution in [0, 0.1) is 0 Å². The molecule has 0 fully saturated rings. The number of ether oxygens (including phenoxy) is 1. The van der Waals surface area contributed by atoms with E-state index in [0.29, 0.717) is 28.6 Å². The van der Waals surface area contributed by atoms with Crippen molar-refractivity contribution in [2.24, 2.45) is 0 Å². The standard InChI is InChI=1S/C16H16BrClN2O3/c1-23-14-7-11(17)6-13(9-14)19-16(22)20-15-8-12(18)3-2-10(15)4-5-21/h2-3,6-9,21H,4-5H2,1H3,(H2,19,20,22). The fourth-order valence-corrected chi connectivity index (χ4v) is 2.69. The lowest BCUT2D eigenvalue weighted by atomic mass is 10.1. The minimum atomic E-state index is -0.411. The highest BCUT2D eigenvalue weighted by Crippen LogP contribution is 2.25. The first-order chi connectivity index (χ1) is 11.0. The summed E-state index contributed by atoms with van der Waals surface area (Å²) in [5.41, 5.74) is 1.95. The fourth-order valence-electron chi connectivity index (χ4n) is 2.04. The number of halogens is 2. The highest BCUT2D eigenvalue weighted by atomic mass is 79.9. The SMILES string of the molecule is COc1cc(Br)cc(NC(=O)Nc2cc(Cl)ccc2CCO)c1. The maximum absolute atomic E-state index is 12.2. The van der Waals surface area contributed by atoms with Gasteiger partial charge in [0.2, 0.25) is 0 Å². The number of hydrogen-bond acceptors (Lipinski definition) is 3. The molecule has 0 aromatic heterocycles. The molecule has 0 aliphatic carbocycles. The third-order valence-electron chi connectivity index (χ3n) is 3.07. The van der Waals surface area contributed by atoms with E-state index in [0.717, 1.165) is 10.0 Å². The molecule has 0 unspecified atom stereocenters. The van der Waals surface area contributed by atoms with Gasteiger partial charge in [-0.2, -0.15) is 0 Å². The molecule has 122 valence electrons. The van der Waals surface area contributed by atoms with Crippen molar-refractivity contribution in [2.75, 3.05) is 24.4 Å². The van der Waals surface area contributed by atoms with Gasteiger partial charge in [0, 0.05) is 33.5 Å². The van der Waals surface area contributed by atoms with Crippen LogP contribution in [0.5, 0.6) is 5.75 Å². The molecule has 0 heterocycles. The van der Waals surface area contributed by atoms with E-state index in [-0.39, 0.29) is 6.61 Å². The molecule has 2 aromatic carbocycles. The molecule has 2 rings (SSSR count). The largest absolute Gasteiger partial charge is 0.497 e. The lowest BCUT2D eigenvalue weighted by Crippen LogP contribution is -2.20. The number of nitrogens with one attached hydrogen (secondary N) is 2. The van der Waals surface area contributed by atoms with E-state index in [4.69, 9.17) is 21.4 Å². The molecule has 3 N–H and O–H groups in total. The summed E-state index contributed by atoms with van der Waals surface area (Å²) in [5.74, 6) is 0.624. The molecule has 0 saturated heterocycles. The van der Waals surface area contributed by atoms with Gasteiger partial charge in [0.05, 0.1) is 7.11 Å². The molecule has 5 nitrogen and oxygen atoms in total. The van der Waals surface area contributed by atoms with Crippen LogP contribution in [0.15, 0.2) is 40.9 Å². The molecule has 0 spiro atoms. The van der Waals surface area contributed by atoms with Crippen LogP contribution in [0.4, 0.5) is 16.2 Å². The van der Waals surface area contributed by atoms with Crippen molar-refractivity contribution in [3.05, 3.63) is 51.5 Å². The molecule has 0 aliphatic heterocycles. The summed E-state index contributed by atoms with van der Waals surface area (Å²) in [7, 11) is 1.55. The predicted molar refractivity (Wildman–Crippen MR) is 95.6 cm³/mol. The Hall–Kier alpha value is -1.76. The summed E-state index contributed by atoms with van der Waals surface area (Å²) in [6.07, 6.45) is 0.428. The Bertz CT molecular complexity index is 710. The molecule has 0 saturated carbocycles. The van der Waals surface area contributed by atoms with Gasteiger partial charge in [-0.05, 0) is 36.2 Å². The van der Waals surface area contributed by atoms with Crippen molar-refractivity contribution < 1.29 is 14.6 Å². The van der Waals surface area contributed by atoms with Crippen LogP contribution in [-0.4, -0.2) is 24.9 Å². The van der Waals surface area contributed by atoms with Gasteiger partial charge in [0.15, 0.2) is 0 Å². The number of hydrogen-bond donors (Lipinski definition) is 3. The smallest absolute Gasteiger partial charge is 0.323 e. The van der Waals surface area contributed by atoms with Crippen molar-refractivity contribution in [3.8, 4) is 5.75 Å². The number of benzene rings is 2. The second-order valence-corrected chi connectivity index (χ2v) is 6.09. The number of carbonyl (C=O) groups is 1. The molecule has 0 aliphatic rings. The number of carbonyl (C=O) groups excluding carboxylic acids is 1.